The molecule has 0 amide bonds. The van der Waals surface area contributed by atoms with Crippen LogP contribution in [0, 0.1) is 0 Å². The molecule has 14 nitrogen and oxygen atoms in total. The lowest BCUT2D eigenvalue weighted by Gasteiger charge is -2.24. The summed E-state index contributed by atoms with van der Waals surface area (Å²) in [6.45, 7) is -0.681. The standard InChI is InChI=1S/C32H33F3N6O8/c1-47-29(45)21-12-19(48-30(46)32(33,34)35)14-40(21)31-38-26(36-13-20(17-8-4-2-5-9-17)18-10-6-3-7-11-18)23-27(39-31)41(16-37-23)28-25(44)24(43)22(15-42)49-28/h2-11,16,19-22,24-25,28,42-44H,12-15H2,1H3,(H,36,38,39)/t19-,21+,22-,24-,25-,28-/m1/s1. The molecule has 6 atom stereocenters. The Morgan fingerprint density at radius 3 is 2.27 bits per heavy atom. The number of imidazole rings is 1. The lowest BCUT2D eigenvalue weighted by molar-refractivity contribution is -0.204. The fraction of sp³-hybridized carbons (Fsp3) is 0.406. The Morgan fingerprint density at radius 1 is 1.04 bits per heavy atom. The van der Waals surface area contributed by atoms with Crippen molar-refractivity contribution >= 4 is 34.9 Å². The van der Waals surface area contributed by atoms with E-state index in [0.717, 1.165) is 18.2 Å². The molecule has 4 heterocycles. The fourth-order valence-corrected chi connectivity index (χ4v) is 6.13. The molecule has 2 aliphatic heterocycles. The summed E-state index contributed by atoms with van der Waals surface area (Å²) in [7, 11) is 1.11. The van der Waals surface area contributed by atoms with Gasteiger partial charge in [0.1, 0.15) is 30.5 Å². The number of ether oxygens (including phenoxy) is 3. The maximum absolute atomic E-state index is 13.0. The second kappa shape index (κ2) is 13.9. The summed E-state index contributed by atoms with van der Waals surface area (Å²) in [5.41, 5.74) is 2.25. The van der Waals surface area contributed by atoms with Gasteiger partial charge in [-0.05, 0) is 11.1 Å². The molecule has 2 aromatic carbocycles. The monoisotopic (exact) mass is 686 g/mol. The van der Waals surface area contributed by atoms with Crippen molar-refractivity contribution in [3.05, 3.63) is 78.1 Å². The summed E-state index contributed by atoms with van der Waals surface area (Å²) in [4.78, 5) is 39.5. The zero-order valence-corrected chi connectivity index (χ0v) is 26.0. The molecule has 0 aliphatic carbocycles. The molecule has 4 aromatic rings. The zero-order chi connectivity index (χ0) is 34.9. The first-order chi connectivity index (χ1) is 23.5. The number of nitrogens with zero attached hydrogens (tertiary/aromatic N) is 5. The Labute approximate surface area is 277 Å². The normalized spacial score (nSPS) is 24.0. The Hall–Kier alpha value is -4.84. The minimum absolute atomic E-state index is 0.0673. The van der Waals surface area contributed by atoms with E-state index in [1.165, 1.54) is 15.8 Å². The molecule has 4 N–H and O–H groups in total. The molecule has 2 aliphatic rings. The molecule has 0 bridgehead atoms. The number of halogens is 3. The van der Waals surface area contributed by atoms with Crippen molar-refractivity contribution in [2.75, 3.05) is 37.0 Å². The van der Waals surface area contributed by atoms with Gasteiger partial charge in [-0.1, -0.05) is 60.7 Å². The van der Waals surface area contributed by atoms with Gasteiger partial charge in [-0.3, -0.25) is 4.57 Å². The number of rotatable bonds is 10. The van der Waals surface area contributed by atoms with Crippen molar-refractivity contribution in [2.45, 2.75) is 55.2 Å². The largest absolute Gasteiger partial charge is 0.490 e. The summed E-state index contributed by atoms with van der Waals surface area (Å²) in [5, 5.41) is 34.2. The molecular weight excluding hydrogens is 653 g/mol. The second-order valence-corrected chi connectivity index (χ2v) is 11.6. The van der Waals surface area contributed by atoms with Gasteiger partial charge >= 0.3 is 18.1 Å². The van der Waals surface area contributed by atoms with Crippen molar-refractivity contribution < 1.29 is 52.3 Å². The van der Waals surface area contributed by atoms with E-state index in [1.807, 2.05) is 60.7 Å². The number of benzene rings is 2. The Balaban J connectivity index is 1.42. The minimum atomic E-state index is -5.25. The predicted octanol–water partition coefficient (Wildman–Crippen LogP) is 1.91. The molecule has 0 unspecified atom stereocenters. The van der Waals surface area contributed by atoms with Crippen molar-refractivity contribution in [2.24, 2.45) is 0 Å². The van der Waals surface area contributed by atoms with E-state index < -0.39 is 61.4 Å². The second-order valence-electron chi connectivity index (χ2n) is 11.6. The number of hydrogen-bond acceptors (Lipinski definition) is 13. The molecule has 2 fully saturated rings. The number of aromatic nitrogens is 4. The molecule has 0 saturated carbocycles. The van der Waals surface area contributed by atoms with Gasteiger partial charge in [0.15, 0.2) is 23.2 Å². The van der Waals surface area contributed by atoms with Gasteiger partial charge in [0.2, 0.25) is 5.95 Å². The molecule has 49 heavy (non-hydrogen) atoms. The van der Waals surface area contributed by atoms with Crippen LogP contribution >= 0.6 is 0 Å². The number of alkyl halides is 3. The summed E-state index contributed by atoms with van der Waals surface area (Å²) in [5.74, 6) is -3.40. The Bertz CT molecular complexity index is 1740. The molecule has 0 spiro atoms. The van der Waals surface area contributed by atoms with E-state index in [4.69, 9.17) is 9.47 Å². The third-order valence-electron chi connectivity index (χ3n) is 8.58. The molecule has 260 valence electrons. The van der Waals surface area contributed by atoms with Gasteiger partial charge in [0, 0.05) is 18.9 Å². The third kappa shape index (κ3) is 6.87. The number of anilines is 2. The number of carbonyl (C=O) groups excluding carboxylic acids is 2. The van der Waals surface area contributed by atoms with Crippen LogP contribution in [0.1, 0.15) is 29.7 Å². The van der Waals surface area contributed by atoms with Crippen molar-refractivity contribution in [3.8, 4) is 0 Å². The van der Waals surface area contributed by atoms with Gasteiger partial charge in [-0.25, -0.2) is 14.6 Å². The number of methoxy groups -OCH3 is 1. The molecule has 0 radical (unpaired) electrons. The number of fused-ring (bicyclic) bond motifs is 1. The highest BCUT2D eigenvalue weighted by Crippen LogP contribution is 2.35. The topological polar surface area (TPSA) is 181 Å². The highest BCUT2D eigenvalue weighted by Gasteiger charge is 2.47. The van der Waals surface area contributed by atoms with E-state index in [0.29, 0.717) is 0 Å². The van der Waals surface area contributed by atoms with Gasteiger partial charge in [0.05, 0.1) is 26.6 Å². The van der Waals surface area contributed by atoms with E-state index in [9.17, 15) is 38.1 Å². The summed E-state index contributed by atoms with van der Waals surface area (Å²) >= 11 is 0. The number of esters is 2. The Morgan fingerprint density at radius 2 is 1.69 bits per heavy atom. The number of carbonyl (C=O) groups is 2. The number of hydrogen-bond donors (Lipinski definition) is 4. The molecule has 2 aromatic heterocycles. The van der Waals surface area contributed by atoms with Gasteiger partial charge in [0.25, 0.3) is 0 Å². The average Bonchev–Trinajstić information content (AvgIpc) is 3.80. The highest BCUT2D eigenvalue weighted by atomic mass is 19.4. The first-order valence-electron chi connectivity index (χ1n) is 15.3. The maximum atomic E-state index is 13.0. The fourth-order valence-electron chi connectivity index (χ4n) is 6.13. The van der Waals surface area contributed by atoms with Gasteiger partial charge < -0.3 is 39.7 Å². The van der Waals surface area contributed by atoms with Crippen molar-refractivity contribution in [1.82, 2.24) is 19.5 Å². The van der Waals surface area contributed by atoms with Crippen LogP contribution in [0.5, 0.6) is 0 Å². The molecule has 17 heteroatoms. The quantitative estimate of drug-likeness (QED) is 0.178. The number of aliphatic hydroxyl groups is 3. The molecular formula is C32H33F3N6O8. The molecule has 2 saturated heterocycles. The van der Waals surface area contributed by atoms with Crippen LogP contribution in [0.2, 0.25) is 0 Å². The number of aliphatic hydroxyl groups excluding tert-OH is 3. The smallest absolute Gasteiger partial charge is 0.467 e. The lowest BCUT2D eigenvalue weighted by Crippen LogP contribution is -2.38. The Kier molecular flexibility index (Phi) is 9.69. The highest BCUT2D eigenvalue weighted by molar-refractivity contribution is 5.86. The third-order valence-corrected chi connectivity index (χ3v) is 8.58. The van der Waals surface area contributed by atoms with Crippen LogP contribution in [0.4, 0.5) is 24.9 Å². The van der Waals surface area contributed by atoms with Crippen LogP contribution in [0.25, 0.3) is 11.2 Å². The summed E-state index contributed by atoms with van der Waals surface area (Å²) in [6, 6.07) is 18.1. The van der Waals surface area contributed by atoms with E-state index in [-0.39, 0.29) is 48.4 Å². The van der Waals surface area contributed by atoms with Crippen molar-refractivity contribution in [3.63, 3.8) is 0 Å². The van der Waals surface area contributed by atoms with E-state index >= 15 is 0 Å². The van der Waals surface area contributed by atoms with Gasteiger partial charge in [-0.15, -0.1) is 0 Å². The van der Waals surface area contributed by atoms with E-state index in [1.54, 1.807) is 0 Å². The first kappa shape index (κ1) is 34.0. The van der Waals surface area contributed by atoms with Crippen LogP contribution in [-0.2, 0) is 23.8 Å². The SMILES string of the molecule is COC(=O)[C@@H]1C[C@@H](OC(=O)C(F)(F)F)CN1c1nc(NCC(c2ccccc2)c2ccccc2)c2ncn([C@@H]3O[C@H](CO)[C@@H](O)[C@H]3O)c2n1. The summed E-state index contributed by atoms with van der Waals surface area (Å²) < 4.78 is 55.8. The van der Waals surface area contributed by atoms with Crippen LogP contribution in [0.15, 0.2) is 67.0 Å². The molecule has 6 rings (SSSR count). The zero-order valence-electron chi connectivity index (χ0n) is 26.0. The van der Waals surface area contributed by atoms with E-state index in [2.05, 4.69) is 25.0 Å². The van der Waals surface area contributed by atoms with Crippen LogP contribution in [0.3, 0.4) is 0 Å². The first-order valence-corrected chi connectivity index (χ1v) is 15.3. The van der Waals surface area contributed by atoms with Crippen LogP contribution in [-0.4, -0.2) is 110 Å². The van der Waals surface area contributed by atoms with Crippen molar-refractivity contribution in [1.29, 1.82) is 0 Å². The van der Waals surface area contributed by atoms with Gasteiger partial charge in [-0.2, -0.15) is 23.1 Å². The predicted molar refractivity (Wildman–Crippen MR) is 165 cm³/mol. The van der Waals surface area contributed by atoms with Crippen LogP contribution < -0.4 is 10.2 Å². The minimum Gasteiger partial charge on any atom is -0.467 e. The average molecular weight is 687 g/mol. The summed E-state index contributed by atoms with van der Waals surface area (Å²) in [6.07, 6.45) is -10.9. The lowest BCUT2D eigenvalue weighted by atomic mass is 9.91. The number of nitrogens with one attached hydrogen (secondary N) is 1. The maximum Gasteiger partial charge on any atom is 0.490 e.